The molecule has 0 N–H and O–H groups in total. The van der Waals surface area contributed by atoms with E-state index in [1.165, 1.54) is 7.11 Å². The van der Waals surface area contributed by atoms with Crippen molar-refractivity contribution in [2.45, 2.75) is 6.54 Å². The smallest absolute Gasteiger partial charge is 0.337 e. The lowest BCUT2D eigenvalue weighted by molar-refractivity contribution is 0.0600. The van der Waals surface area contributed by atoms with Crippen LogP contribution >= 0.6 is 0 Å². The third-order valence-electron chi connectivity index (χ3n) is 3.31. The zero-order chi connectivity index (χ0) is 15.4. The quantitative estimate of drug-likeness (QED) is 0.694. The summed E-state index contributed by atoms with van der Waals surface area (Å²) in [6, 6.07) is 13.2. The number of hydrogen-bond acceptors (Lipinski definition) is 4. The molecule has 3 rings (SSSR count). The van der Waals surface area contributed by atoms with Gasteiger partial charge in [-0.25, -0.2) is 4.79 Å². The van der Waals surface area contributed by atoms with Gasteiger partial charge in [0.25, 0.3) is 0 Å². The summed E-state index contributed by atoms with van der Waals surface area (Å²) >= 11 is 0. The Labute approximate surface area is 128 Å². The van der Waals surface area contributed by atoms with Crippen molar-refractivity contribution in [3.05, 3.63) is 72.2 Å². The molecule has 0 aliphatic carbocycles. The second kappa shape index (κ2) is 6.22. The van der Waals surface area contributed by atoms with Crippen molar-refractivity contribution in [2.24, 2.45) is 0 Å². The van der Waals surface area contributed by atoms with Crippen LogP contribution in [0.25, 0.3) is 11.3 Å². The van der Waals surface area contributed by atoms with E-state index in [-0.39, 0.29) is 5.97 Å². The summed E-state index contributed by atoms with van der Waals surface area (Å²) in [7, 11) is 1.38. The minimum Gasteiger partial charge on any atom is -0.465 e. The lowest BCUT2D eigenvalue weighted by Crippen LogP contribution is -2.04. The molecule has 0 saturated heterocycles. The molecule has 0 amide bonds. The number of rotatable bonds is 4. The van der Waals surface area contributed by atoms with Crippen LogP contribution in [0, 0.1) is 0 Å². The molecule has 0 unspecified atom stereocenters. The van der Waals surface area contributed by atoms with Crippen LogP contribution in [-0.4, -0.2) is 27.8 Å². The van der Waals surface area contributed by atoms with Gasteiger partial charge in [-0.05, 0) is 35.9 Å². The van der Waals surface area contributed by atoms with Crippen LogP contribution in [0.1, 0.15) is 15.9 Å². The molecule has 0 aliphatic rings. The fourth-order valence-corrected chi connectivity index (χ4v) is 2.23. The molecule has 5 nitrogen and oxygen atoms in total. The summed E-state index contributed by atoms with van der Waals surface area (Å²) in [6.07, 6.45) is 5.41. The Morgan fingerprint density at radius 2 is 2.00 bits per heavy atom. The number of esters is 1. The van der Waals surface area contributed by atoms with Gasteiger partial charge in [-0.2, -0.15) is 5.10 Å². The summed E-state index contributed by atoms with van der Waals surface area (Å²) in [5.41, 5.74) is 3.46. The molecular weight excluding hydrogens is 278 g/mol. The normalized spacial score (nSPS) is 10.4. The molecule has 1 aromatic carbocycles. The van der Waals surface area contributed by atoms with E-state index in [0.29, 0.717) is 12.1 Å². The molecule has 110 valence electrons. The largest absolute Gasteiger partial charge is 0.465 e. The van der Waals surface area contributed by atoms with Crippen LogP contribution in [0.5, 0.6) is 0 Å². The maximum atomic E-state index is 11.6. The first-order chi connectivity index (χ1) is 10.8. The molecule has 0 radical (unpaired) electrons. The summed E-state index contributed by atoms with van der Waals surface area (Å²) in [4.78, 5) is 15.6. The molecule has 22 heavy (non-hydrogen) atoms. The standard InChI is InChI=1S/C17H15N3O2/c1-22-17(21)15-4-2-3-13(11-15)12-20-10-7-16(19-20)14-5-8-18-9-6-14/h2-11H,12H2,1H3. The highest BCUT2D eigenvalue weighted by molar-refractivity contribution is 5.89. The number of carbonyl (C=O) groups is 1. The van der Waals surface area contributed by atoms with Crippen molar-refractivity contribution in [3.63, 3.8) is 0 Å². The maximum absolute atomic E-state index is 11.6. The van der Waals surface area contributed by atoms with Crippen molar-refractivity contribution < 1.29 is 9.53 Å². The Balaban J connectivity index is 1.80. The van der Waals surface area contributed by atoms with Crippen molar-refractivity contribution in [3.8, 4) is 11.3 Å². The highest BCUT2D eigenvalue weighted by atomic mass is 16.5. The molecule has 0 saturated carbocycles. The summed E-state index contributed by atoms with van der Waals surface area (Å²) < 4.78 is 6.58. The lowest BCUT2D eigenvalue weighted by atomic mass is 10.1. The van der Waals surface area contributed by atoms with E-state index in [9.17, 15) is 4.79 Å². The minimum atomic E-state index is -0.334. The minimum absolute atomic E-state index is 0.334. The van der Waals surface area contributed by atoms with Crippen LogP contribution in [-0.2, 0) is 11.3 Å². The Morgan fingerprint density at radius 1 is 1.18 bits per heavy atom. The van der Waals surface area contributed by atoms with E-state index >= 15 is 0 Å². The van der Waals surface area contributed by atoms with E-state index in [0.717, 1.165) is 16.8 Å². The molecule has 0 atom stereocenters. The lowest BCUT2D eigenvalue weighted by Gasteiger charge is -2.04. The second-order valence-electron chi connectivity index (χ2n) is 4.83. The summed E-state index contributed by atoms with van der Waals surface area (Å²) in [5, 5.41) is 4.54. The fourth-order valence-electron chi connectivity index (χ4n) is 2.23. The zero-order valence-electron chi connectivity index (χ0n) is 12.1. The third-order valence-corrected chi connectivity index (χ3v) is 3.31. The third kappa shape index (κ3) is 3.03. The van der Waals surface area contributed by atoms with Crippen LogP contribution < -0.4 is 0 Å². The molecule has 0 spiro atoms. The average molecular weight is 293 g/mol. The SMILES string of the molecule is COC(=O)c1cccc(Cn2ccc(-c3ccncc3)n2)c1. The van der Waals surface area contributed by atoms with Gasteiger partial charge < -0.3 is 4.74 Å². The van der Waals surface area contributed by atoms with Gasteiger partial charge in [0, 0.05) is 24.2 Å². The van der Waals surface area contributed by atoms with Gasteiger partial charge in [-0.15, -0.1) is 0 Å². The first-order valence-electron chi connectivity index (χ1n) is 6.87. The zero-order valence-corrected chi connectivity index (χ0v) is 12.1. The van der Waals surface area contributed by atoms with E-state index in [1.807, 2.05) is 47.3 Å². The van der Waals surface area contributed by atoms with Gasteiger partial charge in [-0.1, -0.05) is 12.1 Å². The molecular formula is C17H15N3O2. The van der Waals surface area contributed by atoms with Gasteiger partial charge in [0.2, 0.25) is 0 Å². The average Bonchev–Trinajstić information content (AvgIpc) is 3.03. The molecule has 0 bridgehead atoms. The van der Waals surface area contributed by atoms with Gasteiger partial charge in [0.05, 0.1) is 24.9 Å². The van der Waals surface area contributed by atoms with E-state index < -0.39 is 0 Å². The highest BCUT2D eigenvalue weighted by Crippen LogP contribution is 2.16. The van der Waals surface area contributed by atoms with E-state index in [1.54, 1.807) is 18.5 Å². The van der Waals surface area contributed by atoms with Gasteiger partial charge in [0.15, 0.2) is 0 Å². The monoisotopic (exact) mass is 293 g/mol. The highest BCUT2D eigenvalue weighted by Gasteiger charge is 2.07. The van der Waals surface area contributed by atoms with E-state index in [2.05, 4.69) is 10.1 Å². The second-order valence-corrected chi connectivity index (χ2v) is 4.83. The van der Waals surface area contributed by atoms with Crippen LogP contribution in [0.3, 0.4) is 0 Å². The predicted molar refractivity (Wildman–Crippen MR) is 82.3 cm³/mol. The number of methoxy groups -OCH3 is 1. The Morgan fingerprint density at radius 3 is 2.77 bits per heavy atom. The van der Waals surface area contributed by atoms with Crippen molar-refractivity contribution in [1.82, 2.24) is 14.8 Å². The number of nitrogens with zero attached hydrogens (tertiary/aromatic N) is 3. The Bertz CT molecular complexity index is 781. The molecule has 2 heterocycles. The summed E-state index contributed by atoms with van der Waals surface area (Å²) in [5.74, 6) is -0.334. The number of pyridine rings is 1. The predicted octanol–water partition coefficient (Wildman–Crippen LogP) is 2.78. The molecule has 2 aromatic heterocycles. The van der Waals surface area contributed by atoms with Gasteiger partial charge in [-0.3, -0.25) is 9.67 Å². The molecule has 0 aliphatic heterocycles. The number of ether oxygens (including phenoxy) is 1. The maximum Gasteiger partial charge on any atom is 0.337 e. The Hall–Kier alpha value is -2.95. The molecule has 5 heteroatoms. The summed E-state index contributed by atoms with van der Waals surface area (Å²) in [6.45, 7) is 0.593. The van der Waals surface area contributed by atoms with Crippen molar-refractivity contribution >= 4 is 5.97 Å². The Kier molecular flexibility index (Phi) is 3.96. The van der Waals surface area contributed by atoms with Crippen LogP contribution in [0.15, 0.2) is 61.1 Å². The number of aromatic nitrogens is 3. The van der Waals surface area contributed by atoms with Crippen LogP contribution in [0.4, 0.5) is 0 Å². The molecule has 0 fully saturated rings. The molecule has 3 aromatic rings. The van der Waals surface area contributed by atoms with Gasteiger partial charge >= 0.3 is 5.97 Å². The topological polar surface area (TPSA) is 57.0 Å². The van der Waals surface area contributed by atoms with Gasteiger partial charge in [0.1, 0.15) is 0 Å². The first kappa shape index (κ1) is 14.0. The number of benzene rings is 1. The van der Waals surface area contributed by atoms with Crippen molar-refractivity contribution in [2.75, 3.05) is 7.11 Å². The van der Waals surface area contributed by atoms with E-state index in [4.69, 9.17) is 4.74 Å². The fraction of sp³-hybridized carbons (Fsp3) is 0.118. The first-order valence-corrected chi connectivity index (χ1v) is 6.87. The van der Waals surface area contributed by atoms with Crippen molar-refractivity contribution in [1.29, 1.82) is 0 Å². The number of hydrogen-bond donors (Lipinski definition) is 0. The van der Waals surface area contributed by atoms with Crippen LogP contribution in [0.2, 0.25) is 0 Å². The number of carbonyl (C=O) groups excluding carboxylic acids is 1.